The molecule has 2 saturated heterocycles. The molecular formula is C19H22F3N3O5S. The summed E-state index contributed by atoms with van der Waals surface area (Å²) in [6, 6.07) is 3.69. The van der Waals surface area contributed by atoms with Crippen molar-refractivity contribution in [3.63, 3.8) is 0 Å². The Kier molecular flexibility index (Phi) is 7.68. The van der Waals surface area contributed by atoms with Crippen LogP contribution in [0.15, 0.2) is 34.4 Å². The van der Waals surface area contributed by atoms with Gasteiger partial charge in [0.05, 0.1) is 32.1 Å². The molecule has 31 heavy (non-hydrogen) atoms. The van der Waals surface area contributed by atoms with E-state index in [9.17, 15) is 18.0 Å². The van der Waals surface area contributed by atoms with E-state index in [1.807, 2.05) is 23.7 Å². The number of thiazole rings is 1. The van der Waals surface area contributed by atoms with Crippen LogP contribution in [-0.2, 0) is 27.4 Å². The maximum atomic E-state index is 12.2. The highest BCUT2D eigenvalue weighted by atomic mass is 32.1. The second kappa shape index (κ2) is 10.2. The zero-order valence-corrected chi connectivity index (χ0v) is 17.2. The van der Waals surface area contributed by atoms with Gasteiger partial charge >= 0.3 is 12.1 Å². The molecule has 2 aromatic heterocycles. The predicted octanol–water partition coefficient (Wildman–Crippen LogP) is 2.52. The summed E-state index contributed by atoms with van der Waals surface area (Å²) in [4.78, 5) is 27.8. The molecular weight excluding hydrogens is 439 g/mol. The first-order valence-corrected chi connectivity index (χ1v) is 10.4. The number of hydrogen-bond acceptors (Lipinski definition) is 7. The van der Waals surface area contributed by atoms with Crippen LogP contribution in [0.3, 0.4) is 0 Å². The molecule has 8 nitrogen and oxygen atoms in total. The predicted molar refractivity (Wildman–Crippen MR) is 103 cm³/mol. The summed E-state index contributed by atoms with van der Waals surface area (Å²) in [5, 5.41) is 13.2. The molecule has 1 amide bonds. The number of carboxylic acid groups (broad SMARTS) is 1. The van der Waals surface area contributed by atoms with Crippen molar-refractivity contribution in [2.75, 3.05) is 19.7 Å². The number of alkyl halides is 3. The number of likely N-dealkylation sites (tertiary alicyclic amines) is 1. The van der Waals surface area contributed by atoms with Crippen LogP contribution in [0.25, 0.3) is 0 Å². The molecule has 2 aromatic rings. The molecule has 0 aromatic carbocycles. The number of amides is 1. The third kappa shape index (κ3) is 6.77. The van der Waals surface area contributed by atoms with E-state index >= 15 is 0 Å². The number of nitrogens with zero attached hydrogens (tertiary/aromatic N) is 2. The molecule has 2 fully saturated rings. The first-order valence-electron chi connectivity index (χ1n) is 9.54. The van der Waals surface area contributed by atoms with Gasteiger partial charge in [0.1, 0.15) is 10.8 Å². The lowest BCUT2D eigenvalue weighted by Crippen LogP contribution is -2.29. The van der Waals surface area contributed by atoms with Crippen LogP contribution in [0, 0.1) is 11.8 Å². The van der Waals surface area contributed by atoms with Crippen molar-refractivity contribution in [3.05, 3.63) is 40.7 Å². The molecule has 2 N–H and O–H groups in total. The van der Waals surface area contributed by atoms with E-state index in [2.05, 4.69) is 15.2 Å². The smallest absolute Gasteiger partial charge is 0.475 e. The number of carboxylic acids is 1. The monoisotopic (exact) mass is 461 g/mol. The first-order chi connectivity index (χ1) is 14.7. The molecule has 2 aliphatic rings. The molecule has 0 saturated carbocycles. The summed E-state index contributed by atoms with van der Waals surface area (Å²) in [5.41, 5.74) is 0. The van der Waals surface area contributed by atoms with E-state index < -0.39 is 12.1 Å². The SMILES string of the molecule is O=C(C[C@@H]1CO[C@@H]2CN(Cc3nccs3)C[C@H]12)NCc1ccco1.O=C(O)C(F)(F)F. The summed E-state index contributed by atoms with van der Waals surface area (Å²) >= 11 is 1.69. The highest BCUT2D eigenvalue weighted by Gasteiger charge is 2.44. The van der Waals surface area contributed by atoms with Gasteiger partial charge in [-0.15, -0.1) is 11.3 Å². The second-order valence-electron chi connectivity index (χ2n) is 7.28. The number of ether oxygens (including phenoxy) is 1. The fraction of sp³-hybridized carbons (Fsp3) is 0.526. The number of rotatable bonds is 6. The number of aromatic nitrogens is 1. The zero-order chi connectivity index (χ0) is 22.4. The highest BCUT2D eigenvalue weighted by molar-refractivity contribution is 7.09. The Morgan fingerprint density at radius 1 is 1.35 bits per heavy atom. The van der Waals surface area contributed by atoms with Crippen molar-refractivity contribution < 1.29 is 37.0 Å². The number of halogens is 3. The van der Waals surface area contributed by atoms with E-state index in [0.29, 0.717) is 31.4 Å². The fourth-order valence-corrected chi connectivity index (χ4v) is 4.31. The Bertz CT molecular complexity index is 845. The first kappa shape index (κ1) is 23.2. The van der Waals surface area contributed by atoms with Crippen LogP contribution in [-0.4, -0.2) is 58.8 Å². The van der Waals surface area contributed by atoms with Crippen LogP contribution in [0.2, 0.25) is 0 Å². The number of aliphatic carboxylic acids is 1. The van der Waals surface area contributed by atoms with Crippen LogP contribution in [0.1, 0.15) is 17.2 Å². The van der Waals surface area contributed by atoms with E-state index in [1.54, 1.807) is 17.6 Å². The molecule has 0 radical (unpaired) electrons. The van der Waals surface area contributed by atoms with E-state index in [1.165, 1.54) is 0 Å². The number of furan rings is 1. The molecule has 0 unspecified atom stereocenters. The minimum Gasteiger partial charge on any atom is -0.475 e. The van der Waals surface area contributed by atoms with Crippen molar-refractivity contribution in [2.45, 2.75) is 31.8 Å². The van der Waals surface area contributed by atoms with Crippen molar-refractivity contribution in [1.82, 2.24) is 15.2 Å². The number of carbonyl (C=O) groups is 2. The van der Waals surface area contributed by atoms with Crippen molar-refractivity contribution >= 4 is 23.2 Å². The summed E-state index contributed by atoms with van der Waals surface area (Å²) in [7, 11) is 0. The Morgan fingerprint density at radius 3 is 2.74 bits per heavy atom. The topological polar surface area (TPSA) is 105 Å². The molecule has 0 aliphatic carbocycles. The lowest BCUT2D eigenvalue weighted by Gasteiger charge is -2.18. The van der Waals surface area contributed by atoms with Crippen LogP contribution in [0.5, 0.6) is 0 Å². The fourth-order valence-electron chi connectivity index (χ4n) is 3.65. The largest absolute Gasteiger partial charge is 0.490 e. The van der Waals surface area contributed by atoms with Crippen molar-refractivity contribution in [3.8, 4) is 0 Å². The molecule has 4 heterocycles. The molecule has 2 aliphatic heterocycles. The summed E-state index contributed by atoms with van der Waals surface area (Å²) in [5.74, 6) is -1.17. The lowest BCUT2D eigenvalue weighted by molar-refractivity contribution is -0.192. The van der Waals surface area contributed by atoms with Crippen LogP contribution >= 0.6 is 11.3 Å². The van der Waals surface area contributed by atoms with Gasteiger partial charge < -0.3 is 19.6 Å². The molecule has 170 valence electrons. The van der Waals surface area contributed by atoms with Gasteiger partial charge in [0.15, 0.2) is 0 Å². The number of hydrogen-bond donors (Lipinski definition) is 2. The number of carbonyl (C=O) groups excluding carboxylic acids is 1. The Morgan fingerprint density at radius 2 is 2.13 bits per heavy atom. The summed E-state index contributed by atoms with van der Waals surface area (Å²) in [6.45, 7) is 3.94. The zero-order valence-electron chi connectivity index (χ0n) is 16.4. The van der Waals surface area contributed by atoms with Gasteiger partial charge in [-0.1, -0.05) is 0 Å². The minimum absolute atomic E-state index is 0.0685. The molecule has 0 bridgehead atoms. The molecule has 4 rings (SSSR count). The number of nitrogens with one attached hydrogen (secondary N) is 1. The summed E-state index contributed by atoms with van der Waals surface area (Å²) < 4.78 is 42.9. The Balaban J connectivity index is 0.000000339. The number of fused-ring (bicyclic) bond motifs is 1. The minimum atomic E-state index is -5.08. The van der Waals surface area contributed by atoms with E-state index in [-0.39, 0.29) is 12.0 Å². The van der Waals surface area contributed by atoms with E-state index in [4.69, 9.17) is 19.1 Å². The molecule has 12 heteroatoms. The maximum absolute atomic E-state index is 12.2. The van der Waals surface area contributed by atoms with Gasteiger partial charge in [0, 0.05) is 37.0 Å². The molecule has 3 atom stereocenters. The van der Waals surface area contributed by atoms with Crippen LogP contribution in [0.4, 0.5) is 13.2 Å². The van der Waals surface area contributed by atoms with Crippen molar-refractivity contribution in [2.24, 2.45) is 11.8 Å². The average molecular weight is 461 g/mol. The third-order valence-corrected chi connectivity index (χ3v) is 5.85. The van der Waals surface area contributed by atoms with Gasteiger partial charge in [-0.3, -0.25) is 9.69 Å². The third-order valence-electron chi connectivity index (χ3n) is 5.09. The maximum Gasteiger partial charge on any atom is 0.490 e. The van der Waals surface area contributed by atoms with Gasteiger partial charge in [0.25, 0.3) is 0 Å². The quantitative estimate of drug-likeness (QED) is 0.681. The molecule has 0 spiro atoms. The Hall–Kier alpha value is -2.44. The van der Waals surface area contributed by atoms with Gasteiger partial charge in [-0.05, 0) is 18.1 Å². The summed E-state index contributed by atoms with van der Waals surface area (Å²) in [6.07, 6.45) is -0.841. The normalized spacial score (nSPS) is 23.1. The highest BCUT2D eigenvalue weighted by Crippen LogP contribution is 2.36. The lowest BCUT2D eigenvalue weighted by atomic mass is 9.90. The van der Waals surface area contributed by atoms with E-state index in [0.717, 1.165) is 30.4 Å². The van der Waals surface area contributed by atoms with Crippen molar-refractivity contribution in [1.29, 1.82) is 0 Å². The second-order valence-corrected chi connectivity index (χ2v) is 8.26. The van der Waals surface area contributed by atoms with Gasteiger partial charge in [-0.2, -0.15) is 13.2 Å². The van der Waals surface area contributed by atoms with Gasteiger partial charge in [-0.25, -0.2) is 9.78 Å². The standard InChI is InChI=1S/C17H21N3O3S.C2HF3O2/c21-16(19-7-13-2-1-4-22-13)6-12-11-23-15-9-20(8-14(12)15)10-17-18-3-5-24-17;3-2(4,5)1(6)7/h1-5,12,14-15H,6-11H2,(H,19,21);(H,6,7)/t12-,14-,15-;/m1./s1. The average Bonchev–Trinajstić information content (AvgIpc) is 3.47. The Labute approximate surface area is 180 Å². The van der Waals surface area contributed by atoms with Gasteiger partial charge in [0.2, 0.25) is 5.91 Å². The van der Waals surface area contributed by atoms with Crippen LogP contribution < -0.4 is 5.32 Å².